The van der Waals surface area contributed by atoms with Crippen LogP contribution < -0.4 is 10.1 Å². The van der Waals surface area contributed by atoms with Crippen molar-refractivity contribution < 1.29 is 14.2 Å². The number of pyridine rings is 1. The minimum Gasteiger partial charge on any atom is -0.294 e. The van der Waals surface area contributed by atoms with Gasteiger partial charge in [0, 0.05) is 28.4 Å². The van der Waals surface area contributed by atoms with Gasteiger partial charge in [-0.05, 0) is 56.5 Å². The van der Waals surface area contributed by atoms with Crippen LogP contribution in [0.3, 0.4) is 0 Å². The molecular formula is C26H28ClN4O3+. The second-order valence-electron chi connectivity index (χ2n) is 9.07. The zero-order valence-corrected chi connectivity index (χ0v) is 20.7. The van der Waals surface area contributed by atoms with Crippen molar-refractivity contribution in [2.45, 2.75) is 41.0 Å². The Labute approximate surface area is 203 Å². The molecule has 4 rings (SSSR count). The van der Waals surface area contributed by atoms with E-state index in [0.29, 0.717) is 22.8 Å². The lowest BCUT2D eigenvalue weighted by Gasteiger charge is -2.16. The van der Waals surface area contributed by atoms with Crippen molar-refractivity contribution in [3.8, 4) is 5.69 Å². The van der Waals surface area contributed by atoms with Crippen molar-refractivity contribution in [2.24, 2.45) is 5.92 Å². The average molecular weight is 480 g/mol. The highest BCUT2D eigenvalue weighted by molar-refractivity contribution is 6.44. The van der Waals surface area contributed by atoms with Gasteiger partial charge in [0.25, 0.3) is 17.2 Å². The van der Waals surface area contributed by atoms with Crippen LogP contribution in [0.2, 0.25) is 5.02 Å². The number of imide groups is 1. The van der Waals surface area contributed by atoms with Crippen molar-refractivity contribution in [3.63, 3.8) is 0 Å². The Morgan fingerprint density at radius 2 is 1.62 bits per heavy atom. The van der Waals surface area contributed by atoms with Crippen molar-refractivity contribution >= 4 is 34.7 Å². The fraction of sp³-hybridized carbons (Fsp3) is 0.308. The molecule has 0 saturated carbocycles. The maximum atomic E-state index is 13.7. The van der Waals surface area contributed by atoms with Gasteiger partial charge in [-0.3, -0.25) is 24.4 Å². The molecule has 1 N–H and O–H groups in total. The molecule has 0 aliphatic carbocycles. The SMILES string of the molecule is CCc1[nH]n(-c2ccc(Cl)cc2)c(=O)c1C1=C([n+]2cc(C)cc(C)c2)C(=O)N(CC(C)C)C1=O. The molecule has 0 saturated heterocycles. The van der Waals surface area contributed by atoms with Gasteiger partial charge in [0.05, 0.1) is 11.3 Å². The number of halogens is 1. The third kappa shape index (κ3) is 4.12. The summed E-state index contributed by atoms with van der Waals surface area (Å²) in [7, 11) is 0. The molecule has 1 aliphatic heterocycles. The fourth-order valence-electron chi connectivity index (χ4n) is 4.37. The number of benzene rings is 1. The number of carbonyl (C=O) groups excluding carboxylic acids is 2. The van der Waals surface area contributed by atoms with Crippen LogP contribution in [0, 0.1) is 19.8 Å². The minimum absolute atomic E-state index is 0.0836. The second kappa shape index (κ2) is 9.06. The standard InChI is InChI=1S/C26H27ClN4O3/c1-6-20-21(25(33)31(28-20)19-9-7-18(27)8-10-19)22-23(29-13-16(4)11-17(5)14-29)26(34)30(24(22)32)12-15(2)3/h7-11,13-15H,6,12H2,1-5H3/p+1. The number of amides is 2. The first kappa shape index (κ1) is 23.7. The van der Waals surface area contributed by atoms with Crippen molar-refractivity contribution in [1.82, 2.24) is 14.7 Å². The predicted molar refractivity (Wildman–Crippen MR) is 132 cm³/mol. The van der Waals surface area contributed by atoms with Gasteiger partial charge >= 0.3 is 5.91 Å². The molecule has 8 heteroatoms. The molecule has 34 heavy (non-hydrogen) atoms. The van der Waals surface area contributed by atoms with Crippen LogP contribution in [0.4, 0.5) is 0 Å². The number of nitrogens with zero attached hydrogens (tertiary/aromatic N) is 3. The zero-order chi connectivity index (χ0) is 24.7. The first-order valence-electron chi connectivity index (χ1n) is 11.3. The molecular weight excluding hydrogens is 452 g/mol. The molecule has 0 bridgehead atoms. The molecule has 1 aromatic carbocycles. The number of H-pyrrole nitrogens is 1. The highest BCUT2D eigenvalue weighted by Crippen LogP contribution is 2.31. The van der Waals surface area contributed by atoms with E-state index in [-0.39, 0.29) is 34.9 Å². The Balaban J connectivity index is 2.01. The van der Waals surface area contributed by atoms with Crippen LogP contribution in [-0.2, 0) is 16.0 Å². The Hall–Kier alpha value is -3.45. The smallest absolute Gasteiger partial charge is 0.294 e. The van der Waals surface area contributed by atoms with Crippen molar-refractivity contribution in [2.75, 3.05) is 6.54 Å². The van der Waals surface area contributed by atoms with Crippen LogP contribution in [-0.4, -0.2) is 33.0 Å². The molecule has 3 aromatic rings. The summed E-state index contributed by atoms with van der Waals surface area (Å²) in [6.45, 7) is 9.93. The molecule has 176 valence electrons. The Kier molecular flexibility index (Phi) is 6.32. The van der Waals surface area contributed by atoms with Crippen LogP contribution in [0.15, 0.2) is 47.5 Å². The maximum Gasteiger partial charge on any atom is 0.326 e. The number of rotatable bonds is 6. The van der Waals surface area contributed by atoms with Crippen LogP contribution in [0.5, 0.6) is 0 Å². The largest absolute Gasteiger partial charge is 0.326 e. The fourth-order valence-corrected chi connectivity index (χ4v) is 4.49. The average Bonchev–Trinajstić information content (AvgIpc) is 3.21. The summed E-state index contributed by atoms with van der Waals surface area (Å²) in [6, 6.07) is 8.83. The minimum atomic E-state index is -0.450. The third-order valence-corrected chi connectivity index (χ3v) is 6.00. The lowest BCUT2D eigenvalue weighted by Crippen LogP contribution is -2.41. The molecule has 3 heterocycles. The van der Waals surface area contributed by atoms with Gasteiger partial charge in [-0.2, -0.15) is 4.57 Å². The van der Waals surface area contributed by atoms with E-state index in [1.54, 1.807) is 28.8 Å². The number of hydrogen-bond acceptors (Lipinski definition) is 3. The summed E-state index contributed by atoms with van der Waals surface area (Å²) >= 11 is 6.02. The maximum absolute atomic E-state index is 13.7. The van der Waals surface area contributed by atoms with Crippen molar-refractivity contribution in [1.29, 1.82) is 0 Å². The van der Waals surface area contributed by atoms with E-state index < -0.39 is 11.8 Å². The van der Waals surface area contributed by atoms with E-state index in [2.05, 4.69) is 5.10 Å². The molecule has 0 radical (unpaired) electrons. The quantitative estimate of drug-likeness (QED) is 0.432. The van der Waals surface area contributed by atoms with Gasteiger partial charge in [0.2, 0.25) is 0 Å². The molecule has 2 amide bonds. The summed E-state index contributed by atoms with van der Waals surface area (Å²) in [5, 5.41) is 3.69. The summed E-state index contributed by atoms with van der Waals surface area (Å²) in [4.78, 5) is 42.2. The molecule has 7 nitrogen and oxygen atoms in total. The number of aromatic nitrogens is 3. The summed E-state index contributed by atoms with van der Waals surface area (Å²) in [5.74, 6) is -0.765. The van der Waals surface area contributed by atoms with E-state index in [9.17, 15) is 14.4 Å². The number of carbonyl (C=O) groups is 2. The lowest BCUT2D eigenvalue weighted by atomic mass is 10.0. The van der Waals surface area contributed by atoms with Gasteiger partial charge in [-0.15, -0.1) is 0 Å². The molecule has 0 spiro atoms. The van der Waals surface area contributed by atoms with Crippen LogP contribution in [0.25, 0.3) is 17.0 Å². The number of hydrogen-bond donors (Lipinski definition) is 1. The highest BCUT2D eigenvalue weighted by atomic mass is 35.5. The van der Waals surface area contributed by atoms with E-state index in [1.807, 2.05) is 53.1 Å². The zero-order valence-electron chi connectivity index (χ0n) is 20.0. The van der Waals surface area contributed by atoms with Crippen LogP contribution in [0.1, 0.15) is 43.2 Å². The van der Waals surface area contributed by atoms with Gasteiger partial charge in [-0.1, -0.05) is 32.4 Å². The molecule has 0 unspecified atom stereocenters. The number of aryl methyl sites for hydroxylation is 3. The lowest BCUT2D eigenvalue weighted by molar-refractivity contribution is -0.577. The third-order valence-electron chi connectivity index (χ3n) is 5.74. The van der Waals surface area contributed by atoms with Gasteiger partial charge in [0.1, 0.15) is 5.57 Å². The topological polar surface area (TPSA) is 79.1 Å². The van der Waals surface area contributed by atoms with E-state index in [0.717, 1.165) is 11.1 Å². The predicted octanol–water partition coefficient (Wildman–Crippen LogP) is 3.68. The first-order chi connectivity index (χ1) is 16.1. The number of aromatic amines is 1. The molecule has 0 fully saturated rings. The Bertz CT molecular complexity index is 1360. The summed E-state index contributed by atoms with van der Waals surface area (Å²) < 4.78 is 3.07. The van der Waals surface area contributed by atoms with Gasteiger partial charge in [0.15, 0.2) is 12.4 Å². The monoisotopic (exact) mass is 479 g/mol. The first-order valence-corrected chi connectivity index (χ1v) is 11.7. The molecule has 0 atom stereocenters. The number of nitrogens with one attached hydrogen (secondary N) is 1. The van der Waals surface area contributed by atoms with Gasteiger partial charge in [-0.25, -0.2) is 4.68 Å². The summed E-state index contributed by atoms with van der Waals surface area (Å²) in [5.41, 5.74) is 3.23. The van der Waals surface area contributed by atoms with E-state index in [4.69, 9.17) is 11.6 Å². The normalized spacial score (nSPS) is 14.1. The van der Waals surface area contributed by atoms with Gasteiger partial charge < -0.3 is 0 Å². The Morgan fingerprint density at radius 1 is 1.00 bits per heavy atom. The van der Waals surface area contributed by atoms with E-state index >= 15 is 0 Å². The highest BCUT2D eigenvalue weighted by Gasteiger charge is 2.47. The second-order valence-corrected chi connectivity index (χ2v) is 9.51. The van der Waals surface area contributed by atoms with Crippen LogP contribution >= 0.6 is 11.6 Å². The van der Waals surface area contributed by atoms with E-state index in [1.165, 1.54) is 9.58 Å². The van der Waals surface area contributed by atoms with Crippen molar-refractivity contribution in [3.05, 3.63) is 80.5 Å². The molecule has 1 aliphatic rings. The molecule has 2 aromatic heterocycles. The summed E-state index contributed by atoms with van der Waals surface area (Å²) in [6.07, 6.45) is 4.09. The Morgan fingerprint density at radius 3 is 2.18 bits per heavy atom.